The topological polar surface area (TPSA) is 17.8 Å². The van der Waals surface area contributed by atoms with Gasteiger partial charge in [-0.25, -0.2) is 4.98 Å². The van der Waals surface area contributed by atoms with Crippen LogP contribution in [0.4, 0.5) is 0 Å². The number of aromatic nitrogens is 2. The Morgan fingerprint density at radius 2 is 1.64 bits per heavy atom. The van der Waals surface area contributed by atoms with Crippen molar-refractivity contribution in [1.29, 1.82) is 0 Å². The highest BCUT2D eigenvalue weighted by atomic mass is 15.1. The molecular weight excluding hydrogens is 172 g/mol. The van der Waals surface area contributed by atoms with Gasteiger partial charge in [0.1, 0.15) is 5.82 Å². The zero-order chi connectivity index (χ0) is 10.1. The average molecular weight is 186 g/mol. The Labute approximate surface area is 84.2 Å². The second-order valence-electron chi connectivity index (χ2n) is 3.69. The van der Waals surface area contributed by atoms with E-state index >= 15 is 0 Å². The Hall–Kier alpha value is -1.57. The van der Waals surface area contributed by atoms with E-state index < -0.39 is 0 Å². The number of hydrogen-bond acceptors (Lipinski definition) is 1. The summed E-state index contributed by atoms with van der Waals surface area (Å²) in [5.74, 6) is 1.02. The van der Waals surface area contributed by atoms with Crippen molar-refractivity contribution in [2.45, 2.75) is 20.8 Å². The number of aryl methyl sites for hydroxylation is 3. The second kappa shape index (κ2) is 3.29. The second-order valence-corrected chi connectivity index (χ2v) is 3.69. The van der Waals surface area contributed by atoms with Crippen LogP contribution in [0.25, 0.3) is 5.69 Å². The maximum absolute atomic E-state index is 4.22. The van der Waals surface area contributed by atoms with Crippen LogP contribution in [-0.4, -0.2) is 9.55 Å². The summed E-state index contributed by atoms with van der Waals surface area (Å²) in [4.78, 5) is 4.22. The number of benzene rings is 1. The van der Waals surface area contributed by atoms with Crippen LogP contribution in [0.2, 0.25) is 0 Å². The third-order valence-corrected chi connectivity index (χ3v) is 2.31. The standard InChI is InChI=1S/C12H14N2/c1-9-6-10(2)8-12(7-9)14-5-4-13-11(14)3/h4-8H,1-3H3. The van der Waals surface area contributed by atoms with Crippen molar-refractivity contribution >= 4 is 0 Å². The molecule has 0 saturated heterocycles. The van der Waals surface area contributed by atoms with Crippen molar-refractivity contribution in [2.24, 2.45) is 0 Å². The molecule has 0 aliphatic heterocycles. The lowest BCUT2D eigenvalue weighted by Crippen LogP contribution is -1.96. The van der Waals surface area contributed by atoms with Gasteiger partial charge in [-0.05, 0) is 44.0 Å². The quantitative estimate of drug-likeness (QED) is 0.669. The van der Waals surface area contributed by atoms with Crippen molar-refractivity contribution in [1.82, 2.24) is 9.55 Å². The molecule has 0 spiro atoms. The van der Waals surface area contributed by atoms with E-state index in [1.165, 1.54) is 16.8 Å². The van der Waals surface area contributed by atoms with Gasteiger partial charge in [-0.2, -0.15) is 0 Å². The zero-order valence-corrected chi connectivity index (χ0v) is 8.78. The first-order valence-corrected chi connectivity index (χ1v) is 4.75. The lowest BCUT2D eigenvalue weighted by atomic mass is 10.1. The number of hydrogen-bond donors (Lipinski definition) is 0. The molecule has 1 aromatic heterocycles. The summed E-state index contributed by atoms with van der Waals surface area (Å²) in [5, 5.41) is 0. The number of rotatable bonds is 1. The fourth-order valence-electron chi connectivity index (χ4n) is 1.74. The summed E-state index contributed by atoms with van der Waals surface area (Å²) in [6.45, 7) is 6.24. The fraction of sp³-hybridized carbons (Fsp3) is 0.250. The molecule has 1 aromatic carbocycles. The van der Waals surface area contributed by atoms with Crippen LogP contribution in [0.15, 0.2) is 30.6 Å². The Kier molecular flexibility index (Phi) is 2.12. The van der Waals surface area contributed by atoms with E-state index in [-0.39, 0.29) is 0 Å². The molecule has 0 radical (unpaired) electrons. The van der Waals surface area contributed by atoms with Gasteiger partial charge >= 0.3 is 0 Å². The van der Waals surface area contributed by atoms with Crippen molar-refractivity contribution in [3.05, 3.63) is 47.5 Å². The SMILES string of the molecule is Cc1cc(C)cc(-n2ccnc2C)c1. The maximum atomic E-state index is 4.22. The Morgan fingerprint density at radius 1 is 1.00 bits per heavy atom. The van der Waals surface area contributed by atoms with E-state index in [1.807, 2.05) is 19.3 Å². The fourth-order valence-corrected chi connectivity index (χ4v) is 1.74. The molecule has 2 nitrogen and oxygen atoms in total. The van der Waals surface area contributed by atoms with Crippen LogP contribution in [0.5, 0.6) is 0 Å². The highest BCUT2D eigenvalue weighted by Crippen LogP contribution is 2.14. The minimum atomic E-state index is 1.02. The van der Waals surface area contributed by atoms with Crippen molar-refractivity contribution in [3.8, 4) is 5.69 Å². The molecule has 0 fully saturated rings. The van der Waals surface area contributed by atoms with E-state index in [0.717, 1.165) is 5.82 Å². The van der Waals surface area contributed by atoms with Gasteiger partial charge < -0.3 is 4.57 Å². The van der Waals surface area contributed by atoms with Gasteiger partial charge in [0.25, 0.3) is 0 Å². The van der Waals surface area contributed by atoms with Gasteiger partial charge in [0.05, 0.1) is 0 Å². The highest BCUT2D eigenvalue weighted by Gasteiger charge is 2.00. The third kappa shape index (κ3) is 1.55. The molecule has 0 unspecified atom stereocenters. The van der Waals surface area contributed by atoms with Gasteiger partial charge in [0.15, 0.2) is 0 Å². The predicted molar refractivity (Wildman–Crippen MR) is 57.8 cm³/mol. The van der Waals surface area contributed by atoms with Gasteiger partial charge in [0.2, 0.25) is 0 Å². The summed E-state index contributed by atoms with van der Waals surface area (Å²) < 4.78 is 2.10. The third-order valence-electron chi connectivity index (χ3n) is 2.31. The minimum absolute atomic E-state index is 1.02. The summed E-state index contributed by atoms with van der Waals surface area (Å²) in [6.07, 6.45) is 3.82. The molecule has 2 aromatic rings. The van der Waals surface area contributed by atoms with Crippen molar-refractivity contribution < 1.29 is 0 Å². The van der Waals surface area contributed by atoms with E-state index in [0.29, 0.717) is 0 Å². The lowest BCUT2D eigenvalue weighted by Gasteiger charge is -2.07. The molecular formula is C12H14N2. The van der Waals surface area contributed by atoms with Gasteiger partial charge in [-0.15, -0.1) is 0 Å². The number of nitrogens with zero attached hydrogens (tertiary/aromatic N) is 2. The molecule has 1 heterocycles. The molecule has 0 N–H and O–H groups in total. The summed E-state index contributed by atoms with van der Waals surface area (Å²) in [5.41, 5.74) is 3.76. The molecule has 72 valence electrons. The monoisotopic (exact) mass is 186 g/mol. The van der Waals surface area contributed by atoms with Crippen molar-refractivity contribution in [3.63, 3.8) is 0 Å². The Bertz CT molecular complexity index is 435. The van der Waals surface area contributed by atoms with E-state index in [4.69, 9.17) is 0 Å². The zero-order valence-electron chi connectivity index (χ0n) is 8.78. The number of imidazole rings is 1. The molecule has 2 rings (SSSR count). The molecule has 0 aliphatic rings. The first-order valence-electron chi connectivity index (χ1n) is 4.75. The van der Waals surface area contributed by atoms with Gasteiger partial charge in [0, 0.05) is 18.1 Å². The van der Waals surface area contributed by atoms with Crippen LogP contribution in [0.3, 0.4) is 0 Å². The smallest absolute Gasteiger partial charge is 0.110 e. The molecule has 0 amide bonds. The summed E-state index contributed by atoms with van der Waals surface area (Å²) in [6, 6.07) is 6.51. The predicted octanol–water partition coefficient (Wildman–Crippen LogP) is 2.80. The maximum Gasteiger partial charge on any atom is 0.110 e. The van der Waals surface area contributed by atoms with Crippen LogP contribution in [0.1, 0.15) is 17.0 Å². The first-order chi connectivity index (χ1) is 6.66. The van der Waals surface area contributed by atoms with E-state index in [9.17, 15) is 0 Å². The van der Waals surface area contributed by atoms with Crippen molar-refractivity contribution in [2.75, 3.05) is 0 Å². The Morgan fingerprint density at radius 3 is 2.14 bits per heavy atom. The van der Waals surface area contributed by atoms with Crippen LogP contribution >= 0.6 is 0 Å². The van der Waals surface area contributed by atoms with E-state index in [1.54, 1.807) is 0 Å². The average Bonchev–Trinajstić information content (AvgIpc) is 2.49. The first kappa shape index (κ1) is 9.00. The molecule has 0 saturated carbocycles. The molecule has 2 heteroatoms. The molecule has 14 heavy (non-hydrogen) atoms. The largest absolute Gasteiger partial charge is 0.304 e. The lowest BCUT2D eigenvalue weighted by molar-refractivity contribution is 0.970. The summed E-state index contributed by atoms with van der Waals surface area (Å²) >= 11 is 0. The molecule has 0 bridgehead atoms. The van der Waals surface area contributed by atoms with Gasteiger partial charge in [-0.1, -0.05) is 6.07 Å². The summed E-state index contributed by atoms with van der Waals surface area (Å²) in [7, 11) is 0. The minimum Gasteiger partial charge on any atom is -0.304 e. The molecule has 0 aliphatic carbocycles. The van der Waals surface area contributed by atoms with Crippen LogP contribution in [-0.2, 0) is 0 Å². The Balaban J connectivity index is 2.57. The highest BCUT2D eigenvalue weighted by molar-refractivity contribution is 5.40. The van der Waals surface area contributed by atoms with Gasteiger partial charge in [-0.3, -0.25) is 0 Å². The normalized spacial score (nSPS) is 10.5. The molecule has 0 atom stereocenters. The van der Waals surface area contributed by atoms with Crippen LogP contribution in [0, 0.1) is 20.8 Å². The van der Waals surface area contributed by atoms with E-state index in [2.05, 4.69) is 41.6 Å². The van der Waals surface area contributed by atoms with Crippen LogP contribution < -0.4 is 0 Å².